The van der Waals surface area contributed by atoms with Gasteiger partial charge in [-0.2, -0.15) is 0 Å². The minimum absolute atomic E-state index is 0.0227. The Labute approximate surface area is 220 Å². The summed E-state index contributed by atoms with van der Waals surface area (Å²) >= 11 is 0. The summed E-state index contributed by atoms with van der Waals surface area (Å²) in [5.41, 5.74) is 1.30. The predicted molar refractivity (Wildman–Crippen MR) is 140 cm³/mol. The highest BCUT2D eigenvalue weighted by Gasteiger charge is 2.47. The molecule has 0 aliphatic carbocycles. The molecule has 0 radical (unpaired) electrons. The van der Waals surface area contributed by atoms with Crippen LogP contribution >= 0.6 is 0 Å². The van der Waals surface area contributed by atoms with Gasteiger partial charge in [0.05, 0.1) is 24.8 Å². The van der Waals surface area contributed by atoms with E-state index in [0.717, 1.165) is 22.6 Å². The summed E-state index contributed by atoms with van der Waals surface area (Å²) < 4.78 is 39.3. The first-order chi connectivity index (χ1) is 18.1. The van der Waals surface area contributed by atoms with E-state index in [2.05, 4.69) is 0 Å². The zero-order chi connectivity index (χ0) is 27.6. The summed E-state index contributed by atoms with van der Waals surface area (Å²) in [5.74, 6) is -3.12. The number of hydrogen-bond acceptors (Lipinski definition) is 5. The molecule has 1 unspecified atom stereocenters. The van der Waals surface area contributed by atoms with Crippen molar-refractivity contribution in [2.75, 3.05) is 18.1 Å². The van der Waals surface area contributed by atoms with Gasteiger partial charge in [-0.25, -0.2) is 8.78 Å². The van der Waals surface area contributed by atoms with Crippen LogP contribution in [0.5, 0.6) is 11.5 Å². The van der Waals surface area contributed by atoms with Gasteiger partial charge in [0, 0.05) is 17.3 Å². The Morgan fingerprint density at radius 2 is 1.76 bits per heavy atom. The van der Waals surface area contributed by atoms with E-state index in [1.54, 1.807) is 42.5 Å². The number of ether oxygens (including phenoxy) is 2. The van der Waals surface area contributed by atoms with Crippen LogP contribution in [0.1, 0.15) is 43.5 Å². The fraction of sp³-hybridized carbons (Fsp3) is 0.267. The summed E-state index contributed by atoms with van der Waals surface area (Å²) in [5, 5.41) is 11.4. The number of ketones is 1. The Morgan fingerprint density at radius 3 is 2.42 bits per heavy atom. The second kappa shape index (κ2) is 11.0. The number of anilines is 1. The highest BCUT2D eigenvalue weighted by molar-refractivity contribution is 6.51. The molecule has 1 atom stereocenters. The molecular formula is C30H29F2NO5. The van der Waals surface area contributed by atoms with Gasteiger partial charge in [-0.1, -0.05) is 26.0 Å². The molecule has 3 aromatic carbocycles. The van der Waals surface area contributed by atoms with Crippen LogP contribution < -0.4 is 14.4 Å². The molecule has 0 saturated carbocycles. The van der Waals surface area contributed by atoms with E-state index in [1.807, 2.05) is 27.7 Å². The number of aliphatic hydroxyl groups excluding tert-OH is 1. The van der Waals surface area contributed by atoms with Crippen LogP contribution in [0.4, 0.5) is 14.5 Å². The molecule has 0 bridgehead atoms. The molecule has 1 aliphatic rings. The van der Waals surface area contributed by atoms with Crippen LogP contribution in [0, 0.1) is 24.5 Å². The smallest absolute Gasteiger partial charge is 0.300 e. The minimum Gasteiger partial charge on any atom is -0.507 e. The Balaban J connectivity index is 1.88. The fourth-order valence-electron chi connectivity index (χ4n) is 4.36. The van der Waals surface area contributed by atoms with Crippen molar-refractivity contribution >= 4 is 23.1 Å². The highest BCUT2D eigenvalue weighted by Crippen LogP contribution is 2.43. The molecule has 1 amide bonds. The van der Waals surface area contributed by atoms with Gasteiger partial charge < -0.3 is 14.6 Å². The van der Waals surface area contributed by atoms with Crippen molar-refractivity contribution < 1.29 is 33.0 Å². The number of Topliss-reactive ketones (excluding diaryl/α,β-unsaturated/α-hetero) is 1. The average molecular weight is 522 g/mol. The number of amides is 1. The Hall–Kier alpha value is -4.20. The van der Waals surface area contributed by atoms with Crippen LogP contribution in [-0.2, 0) is 9.59 Å². The summed E-state index contributed by atoms with van der Waals surface area (Å²) in [7, 11) is 0. The lowest BCUT2D eigenvalue weighted by Crippen LogP contribution is -2.29. The van der Waals surface area contributed by atoms with E-state index in [4.69, 9.17) is 9.47 Å². The lowest BCUT2D eigenvalue weighted by Gasteiger charge is -2.26. The summed E-state index contributed by atoms with van der Waals surface area (Å²) in [6, 6.07) is 13.5. The molecule has 4 rings (SSSR count). The average Bonchev–Trinajstić information content (AvgIpc) is 3.15. The summed E-state index contributed by atoms with van der Waals surface area (Å²) in [4.78, 5) is 27.7. The Kier molecular flexibility index (Phi) is 7.80. The van der Waals surface area contributed by atoms with Crippen molar-refractivity contribution in [2.24, 2.45) is 5.92 Å². The van der Waals surface area contributed by atoms with E-state index in [-0.39, 0.29) is 11.3 Å². The predicted octanol–water partition coefficient (Wildman–Crippen LogP) is 6.33. The first kappa shape index (κ1) is 26.9. The van der Waals surface area contributed by atoms with E-state index >= 15 is 0 Å². The van der Waals surface area contributed by atoms with Crippen molar-refractivity contribution in [1.82, 2.24) is 0 Å². The van der Waals surface area contributed by atoms with Gasteiger partial charge in [-0.05, 0) is 73.4 Å². The summed E-state index contributed by atoms with van der Waals surface area (Å²) in [6.45, 7) is 8.59. The van der Waals surface area contributed by atoms with Crippen LogP contribution in [-0.4, -0.2) is 30.0 Å². The molecule has 1 N–H and O–H groups in total. The van der Waals surface area contributed by atoms with Gasteiger partial charge >= 0.3 is 0 Å². The van der Waals surface area contributed by atoms with E-state index < -0.39 is 35.1 Å². The number of hydrogen-bond donors (Lipinski definition) is 1. The first-order valence-electron chi connectivity index (χ1n) is 12.3. The monoisotopic (exact) mass is 521 g/mol. The zero-order valence-electron chi connectivity index (χ0n) is 21.6. The molecular weight excluding hydrogens is 492 g/mol. The molecule has 198 valence electrons. The van der Waals surface area contributed by atoms with Gasteiger partial charge in [0.25, 0.3) is 11.7 Å². The van der Waals surface area contributed by atoms with Crippen molar-refractivity contribution in [3.8, 4) is 11.5 Å². The van der Waals surface area contributed by atoms with Gasteiger partial charge in [0.15, 0.2) is 11.6 Å². The zero-order valence-corrected chi connectivity index (χ0v) is 21.6. The topological polar surface area (TPSA) is 76.1 Å². The maximum Gasteiger partial charge on any atom is 0.300 e. The fourth-order valence-corrected chi connectivity index (χ4v) is 4.36. The lowest BCUT2D eigenvalue weighted by atomic mass is 9.94. The third-order valence-corrected chi connectivity index (χ3v) is 6.13. The normalized spacial score (nSPS) is 16.8. The third kappa shape index (κ3) is 5.25. The summed E-state index contributed by atoms with van der Waals surface area (Å²) in [6.07, 6.45) is 0. The number of benzene rings is 3. The lowest BCUT2D eigenvalue weighted by molar-refractivity contribution is -0.132. The SMILES string of the molecule is CCOc1cccc(C2/C(=C(\O)c3ccc(OCC(C)C)c(C)c3)C(=O)C(=O)N2c2ccc(F)c(F)c2)c1. The molecule has 38 heavy (non-hydrogen) atoms. The number of aliphatic hydroxyl groups is 1. The van der Waals surface area contributed by atoms with E-state index in [0.29, 0.717) is 41.8 Å². The highest BCUT2D eigenvalue weighted by atomic mass is 19.2. The first-order valence-corrected chi connectivity index (χ1v) is 12.3. The molecule has 1 aliphatic heterocycles. The van der Waals surface area contributed by atoms with Crippen LogP contribution in [0.2, 0.25) is 0 Å². The molecule has 0 spiro atoms. The van der Waals surface area contributed by atoms with Gasteiger partial charge in [-0.15, -0.1) is 0 Å². The Morgan fingerprint density at radius 1 is 1.00 bits per heavy atom. The second-order valence-electron chi connectivity index (χ2n) is 9.46. The number of carbonyl (C=O) groups is 2. The Bertz CT molecular complexity index is 1420. The van der Waals surface area contributed by atoms with Crippen LogP contribution in [0.15, 0.2) is 66.2 Å². The number of rotatable bonds is 8. The van der Waals surface area contributed by atoms with E-state index in [9.17, 15) is 23.5 Å². The molecule has 1 fully saturated rings. The largest absolute Gasteiger partial charge is 0.507 e. The molecule has 8 heteroatoms. The molecule has 3 aromatic rings. The molecule has 1 saturated heterocycles. The van der Waals surface area contributed by atoms with Crippen LogP contribution in [0.25, 0.3) is 5.76 Å². The van der Waals surface area contributed by atoms with Crippen molar-refractivity contribution in [3.63, 3.8) is 0 Å². The van der Waals surface area contributed by atoms with Crippen LogP contribution in [0.3, 0.4) is 0 Å². The van der Waals surface area contributed by atoms with Crippen molar-refractivity contribution in [1.29, 1.82) is 0 Å². The van der Waals surface area contributed by atoms with Gasteiger partial charge in [0.2, 0.25) is 0 Å². The number of carbonyl (C=O) groups excluding carboxylic acids is 2. The quantitative estimate of drug-likeness (QED) is 0.213. The standard InChI is InChI=1S/C30H29F2NO5/c1-5-37-22-8-6-7-19(14-22)27-26(28(34)20-9-12-25(18(4)13-20)38-16-17(2)3)29(35)30(36)33(27)21-10-11-23(31)24(32)15-21/h6-15,17,27,34H,5,16H2,1-4H3/b28-26+. The maximum absolute atomic E-state index is 14.2. The van der Waals surface area contributed by atoms with Gasteiger partial charge in [0.1, 0.15) is 17.3 Å². The minimum atomic E-state index is -1.17. The maximum atomic E-state index is 14.2. The molecule has 1 heterocycles. The number of nitrogens with zero attached hydrogens (tertiary/aromatic N) is 1. The number of halogens is 2. The van der Waals surface area contributed by atoms with E-state index in [1.165, 1.54) is 6.07 Å². The third-order valence-electron chi connectivity index (χ3n) is 6.13. The molecule has 0 aromatic heterocycles. The number of aryl methyl sites for hydroxylation is 1. The second-order valence-corrected chi connectivity index (χ2v) is 9.46. The van der Waals surface area contributed by atoms with Crippen molar-refractivity contribution in [2.45, 2.75) is 33.7 Å². The molecule has 6 nitrogen and oxygen atoms in total. The van der Waals surface area contributed by atoms with Gasteiger partial charge in [-0.3, -0.25) is 14.5 Å². The van der Waals surface area contributed by atoms with Crippen molar-refractivity contribution in [3.05, 3.63) is 94.6 Å².